The normalized spacial score (nSPS) is 17.7. The molecule has 23 heavy (non-hydrogen) atoms. The fraction of sp³-hybridized carbons (Fsp3) is 0.389. The second-order valence-electron chi connectivity index (χ2n) is 6.10. The summed E-state index contributed by atoms with van der Waals surface area (Å²) in [7, 11) is 1.96. The van der Waals surface area contributed by atoms with Crippen molar-refractivity contribution in [3.05, 3.63) is 45.8 Å². The Labute approximate surface area is 146 Å². The van der Waals surface area contributed by atoms with E-state index in [1.807, 2.05) is 42.3 Å². The summed E-state index contributed by atoms with van der Waals surface area (Å²) in [5, 5.41) is 3.92. The smallest absolute Gasteiger partial charge is 0.263 e. The lowest BCUT2D eigenvalue weighted by Gasteiger charge is -2.15. The fourth-order valence-corrected chi connectivity index (χ4v) is 4.46. The van der Waals surface area contributed by atoms with E-state index in [4.69, 9.17) is 11.6 Å². The van der Waals surface area contributed by atoms with Crippen molar-refractivity contribution in [3.8, 4) is 10.4 Å². The van der Waals surface area contributed by atoms with Crippen LogP contribution in [-0.2, 0) is 0 Å². The number of carbonyl (C=O) groups is 1. The van der Waals surface area contributed by atoms with Gasteiger partial charge in [0.2, 0.25) is 0 Å². The number of hydrogen-bond acceptors (Lipinski definition) is 3. The summed E-state index contributed by atoms with van der Waals surface area (Å²) in [4.78, 5) is 16.7. The number of nitrogens with one attached hydrogen (secondary N) is 1. The van der Waals surface area contributed by atoms with Gasteiger partial charge >= 0.3 is 0 Å². The summed E-state index contributed by atoms with van der Waals surface area (Å²) in [5.41, 5.74) is 2.21. The molecule has 1 aromatic carbocycles. The Morgan fingerprint density at radius 1 is 1.43 bits per heavy atom. The molecule has 5 heteroatoms. The summed E-state index contributed by atoms with van der Waals surface area (Å²) < 4.78 is 0. The molecule has 2 aromatic rings. The largest absolute Gasteiger partial charge is 0.338 e. The van der Waals surface area contributed by atoms with E-state index in [0.717, 1.165) is 52.0 Å². The summed E-state index contributed by atoms with van der Waals surface area (Å²) in [5.74, 6) is 0.724. The van der Waals surface area contributed by atoms with Crippen LogP contribution >= 0.6 is 22.9 Å². The minimum atomic E-state index is 0.157. The van der Waals surface area contributed by atoms with Crippen LogP contribution in [0, 0.1) is 12.8 Å². The fourth-order valence-electron chi connectivity index (χ4n) is 3.13. The molecule has 1 aliphatic heterocycles. The summed E-state index contributed by atoms with van der Waals surface area (Å²) in [6, 6.07) is 9.81. The minimum Gasteiger partial charge on any atom is -0.338 e. The lowest BCUT2D eigenvalue weighted by molar-refractivity contribution is 0.0792. The monoisotopic (exact) mass is 348 g/mol. The average Bonchev–Trinajstić information content (AvgIpc) is 3.14. The van der Waals surface area contributed by atoms with Crippen molar-refractivity contribution >= 4 is 28.8 Å². The summed E-state index contributed by atoms with van der Waals surface area (Å²) in [6.07, 6.45) is 1.08. The molecule has 1 atom stereocenters. The maximum Gasteiger partial charge on any atom is 0.263 e. The Balaban J connectivity index is 1.79. The van der Waals surface area contributed by atoms with Crippen LogP contribution in [0.3, 0.4) is 0 Å². The summed E-state index contributed by atoms with van der Waals surface area (Å²) in [6.45, 7) is 4.73. The molecule has 1 amide bonds. The number of aryl methyl sites for hydroxylation is 1. The Bertz CT molecular complexity index is 713. The minimum absolute atomic E-state index is 0.157. The van der Waals surface area contributed by atoms with Crippen molar-refractivity contribution in [2.45, 2.75) is 13.3 Å². The second kappa shape index (κ2) is 7.04. The third-order valence-electron chi connectivity index (χ3n) is 4.28. The molecule has 3 nitrogen and oxygen atoms in total. The van der Waals surface area contributed by atoms with Gasteiger partial charge in [-0.25, -0.2) is 0 Å². The maximum absolute atomic E-state index is 12.8. The van der Waals surface area contributed by atoms with Crippen LogP contribution in [0.5, 0.6) is 0 Å². The highest BCUT2D eigenvalue weighted by Crippen LogP contribution is 2.34. The molecule has 1 aliphatic rings. The first-order valence-corrected chi connectivity index (χ1v) is 9.08. The van der Waals surface area contributed by atoms with E-state index < -0.39 is 0 Å². The molecule has 0 aliphatic carbocycles. The number of halogens is 1. The molecular weight excluding hydrogens is 328 g/mol. The van der Waals surface area contributed by atoms with Gasteiger partial charge in [0.1, 0.15) is 0 Å². The molecule has 2 heterocycles. The molecular formula is C18H21ClN2OS. The highest BCUT2D eigenvalue weighted by atomic mass is 35.5. The van der Waals surface area contributed by atoms with Gasteiger partial charge in [0.05, 0.1) is 4.88 Å². The van der Waals surface area contributed by atoms with Gasteiger partial charge in [0.25, 0.3) is 5.91 Å². The van der Waals surface area contributed by atoms with Crippen molar-refractivity contribution in [2.24, 2.45) is 5.92 Å². The third-order valence-corrected chi connectivity index (χ3v) is 5.79. The summed E-state index contributed by atoms with van der Waals surface area (Å²) >= 11 is 7.65. The molecule has 1 unspecified atom stereocenters. The molecule has 122 valence electrons. The Morgan fingerprint density at radius 3 is 3.00 bits per heavy atom. The van der Waals surface area contributed by atoms with Crippen LogP contribution in [0.4, 0.5) is 0 Å². The predicted molar refractivity (Wildman–Crippen MR) is 97.4 cm³/mol. The number of carbonyl (C=O) groups excluding carboxylic acids is 1. The highest BCUT2D eigenvalue weighted by molar-refractivity contribution is 7.17. The lowest BCUT2D eigenvalue weighted by Crippen LogP contribution is -2.29. The Hall–Kier alpha value is -1.36. The van der Waals surface area contributed by atoms with E-state index in [9.17, 15) is 4.79 Å². The zero-order chi connectivity index (χ0) is 16.4. The standard InChI is InChI=1S/C18H21ClN2OS/c1-12-8-16(18(22)21-7-6-13(11-21)10-20-2)23-17(12)14-4-3-5-15(19)9-14/h3-5,8-9,13,20H,6-7,10-11H2,1-2H3. The number of amides is 1. The van der Waals surface area contributed by atoms with Crippen LogP contribution < -0.4 is 5.32 Å². The topological polar surface area (TPSA) is 32.3 Å². The van der Waals surface area contributed by atoms with E-state index >= 15 is 0 Å². The number of rotatable bonds is 4. The lowest BCUT2D eigenvalue weighted by atomic mass is 10.1. The van der Waals surface area contributed by atoms with Gasteiger partial charge in [0, 0.05) is 23.0 Å². The van der Waals surface area contributed by atoms with Crippen LogP contribution in [0.1, 0.15) is 21.7 Å². The Kier molecular flexibility index (Phi) is 5.05. The quantitative estimate of drug-likeness (QED) is 0.903. The molecule has 0 radical (unpaired) electrons. The molecule has 1 N–H and O–H groups in total. The Morgan fingerprint density at radius 2 is 2.26 bits per heavy atom. The van der Waals surface area contributed by atoms with Gasteiger partial charge in [0.15, 0.2) is 0 Å². The zero-order valence-electron chi connectivity index (χ0n) is 13.4. The van der Waals surface area contributed by atoms with Crippen LogP contribution in [0.15, 0.2) is 30.3 Å². The van der Waals surface area contributed by atoms with E-state index in [2.05, 4.69) is 12.2 Å². The first-order valence-electron chi connectivity index (χ1n) is 7.88. The molecule has 0 saturated carbocycles. The van der Waals surface area contributed by atoms with Gasteiger partial charge < -0.3 is 10.2 Å². The number of likely N-dealkylation sites (tertiary alicyclic amines) is 1. The molecule has 1 saturated heterocycles. The molecule has 0 bridgehead atoms. The van der Waals surface area contributed by atoms with E-state index in [1.54, 1.807) is 11.3 Å². The van der Waals surface area contributed by atoms with E-state index in [-0.39, 0.29) is 5.91 Å². The van der Waals surface area contributed by atoms with Crippen molar-refractivity contribution in [2.75, 3.05) is 26.7 Å². The molecule has 1 aromatic heterocycles. The number of thiophene rings is 1. The average molecular weight is 349 g/mol. The van der Waals surface area contributed by atoms with Crippen LogP contribution in [-0.4, -0.2) is 37.5 Å². The molecule has 3 rings (SSSR count). The maximum atomic E-state index is 12.8. The highest BCUT2D eigenvalue weighted by Gasteiger charge is 2.27. The SMILES string of the molecule is CNCC1CCN(C(=O)c2cc(C)c(-c3cccc(Cl)c3)s2)C1. The van der Waals surface area contributed by atoms with Gasteiger partial charge in [-0.2, -0.15) is 0 Å². The van der Waals surface area contributed by atoms with Crippen molar-refractivity contribution in [1.29, 1.82) is 0 Å². The first-order chi connectivity index (χ1) is 11.1. The predicted octanol–water partition coefficient (Wildman–Crippen LogP) is 4.06. The van der Waals surface area contributed by atoms with Gasteiger partial charge in [-0.05, 0) is 62.2 Å². The van der Waals surface area contributed by atoms with Crippen LogP contribution in [0.25, 0.3) is 10.4 Å². The molecule has 1 fully saturated rings. The zero-order valence-corrected chi connectivity index (χ0v) is 15.0. The molecule has 0 spiro atoms. The van der Waals surface area contributed by atoms with Gasteiger partial charge in [-0.1, -0.05) is 23.7 Å². The van der Waals surface area contributed by atoms with Gasteiger partial charge in [-0.15, -0.1) is 11.3 Å². The van der Waals surface area contributed by atoms with Gasteiger partial charge in [-0.3, -0.25) is 4.79 Å². The third kappa shape index (κ3) is 3.60. The number of benzene rings is 1. The van der Waals surface area contributed by atoms with E-state index in [1.165, 1.54) is 0 Å². The van der Waals surface area contributed by atoms with Crippen molar-refractivity contribution < 1.29 is 4.79 Å². The number of nitrogens with zero attached hydrogens (tertiary/aromatic N) is 1. The van der Waals surface area contributed by atoms with Crippen molar-refractivity contribution in [1.82, 2.24) is 10.2 Å². The number of hydrogen-bond donors (Lipinski definition) is 1. The first kappa shape index (κ1) is 16.5. The van der Waals surface area contributed by atoms with Crippen LogP contribution in [0.2, 0.25) is 5.02 Å². The second-order valence-corrected chi connectivity index (χ2v) is 7.59. The van der Waals surface area contributed by atoms with Crippen molar-refractivity contribution in [3.63, 3.8) is 0 Å². The van der Waals surface area contributed by atoms with E-state index in [0.29, 0.717) is 5.92 Å².